The normalized spacial score (nSPS) is 12.3. The third-order valence-electron chi connectivity index (χ3n) is 6.49. The first kappa shape index (κ1) is 23.2. The second kappa shape index (κ2) is 11.2. The third kappa shape index (κ3) is 5.41. The summed E-state index contributed by atoms with van der Waals surface area (Å²) >= 11 is 1.58. The molecular formula is C33H25IrN3OS-2. The number of aromatic nitrogens is 3. The molecule has 0 aliphatic heterocycles. The number of fused-ring (bicyclic) bond motifs is 4. The Hall–Kier alpha value is -3.70. The number of rotatable bonds is 2. The average Bonchev–Trinajstić information content (AvgIpc) is 3.58. The molecule has 5 heterocycles. The van der Waals surface area contributed by atoms with Gasteiger partial charge in [-0.2, -0.15) is 0 Å². The van der Waals surface area contributed by atoms with Gasteiger partial charge in [-0.1, -0.05) is 41.6 Å². The third-order valence-corrected chi connectivity index (χ3v) is 7.31. The zero-order valence-corrected chi connectivity index (χ0v) is 24.7. The first-order chi connectivity index (χ1) is 19.7. The van der Waals surface area contributed by atoms with E-state index in [1.165, 1.54) is 22.8 Å². The maximum Gasteiger partial charge on any atom is 0.216 e. The van der Waals surface area contributed by atoms with Crippen molar-refractivity contribution >= 4 is 43.6 Å². The standard InChI is InChI=1S/C19H11N2OS.C14H14N.Ir/c1-11-5-7-14-13-3-2-4-15(17(13)22-18(14)20-11)16-8-6-12-9-10-23-19(12)21-16;1-10-4-6-13(7-5-10)14-8-11(2)12(3)9-15-14;/h2-3,5-10H,1H3;4-6,8-9H,1-3H3;/q2*-1;/i1D3;;. The van der Waals surface area contributed by atoms with Crippen LogP contribution in [-0.2, 0) is 20.1 Å². The second-order valence-electron chi connectivity index (χ2n) is 9.19. The molecule has 0 amide bonds. The Labute approximate surface area is 249 Å². The SMILES string of the molecule is Cc1c[c-]c(-c2cc(C)c(C)cn2)cc1.[2H]C([2H])([2H])c1ccc2c(n1)oc1c(-c3ccc4ccsc4n3)[c-]ccc12.[Ir]. The maximum atomic E-state index is 7.54. The fraction of sp³-hybridized carbons (Fsp3) is 0.121. The van der Waals surface area contributed by atoms with E-state index in [0.29, 0.717) is 11.3 Å². The molecule has 6 heteroatoms. The van der Waals surface area contributed by atoms with Gasteiger partial charge in [-0.25, -0.2) is 4.98 Å². The van der Waals surface area contributed by atoms with Crippen LogP contribution in [-0.4, -0.2) is 15.0 Å². The molecule has 0 atom stereocenters. The minimum atomic E-state index is -2.27. The molecule has 0 fully saturated rings. The molecule has 39 heavy (non-hydrogen) atoms. The molecule has 5 aromatic heterocycles. The Morgan fingerprint density at radius 1 is 0.872 bits per heavy atom. The van der Waals surface area contributed by atoms with Gasteiger partial charge in [-0.3, -0.25) is 4.98 Å². The molecule has 0 saturated carbocycles. The number of hydrogen-bond donors (Lipinski definition) is 0. The Bertz CT molecular complexity index is 2030. The predicted molar refractivity (Wildman–Crippen MR) is 156 cm³/mol. The van der Waals surface area contributed by atoms with Gasteiger partial charge in [0.1, 0.15) is 4.83 Å². The van der Waals surface area contributed by atoms with Gasteiger partial charge >= 0.3 is 0 Å². The Balaban J connectivity index is 0.000000189. The molecule has 4 nitrogen and oxygen atoms in total. The van der Waals surface area contributed by atoms with E-state index < -0.39 is 6.85 Å². The number of thiophene rings is 1. The number of nitrogens with zero attached hydrogens (tertiary/aromatic N) is 3. The Morgan fingerprint density at radius 2 is 1.77 bits per heavy atom. The Kier molecular flexibility index (Phi) is 6.66. The van der Waals surface area contributed by atoms with Crippen molar-refractivity contribution in [3.05, 3.63) is 113 Å². The first-order valence-corrected chi connectivity index (χ1v) is 13.1. The van der Waals surface area contributed by atoms with Gasteiger partial charge in [0, 0.05) is 46.9 Å². The molecule has 0 spiro atoms. The van der Waals surface area contributed by atoms with Crippen LogP contribution in [0.3, 0.4) is 0 Å². The molecule has 1 radical (unpaired) electrons. The van der Waals surface area contributed by atoms with Gasteiger partial charge < -0.3 is 9.40 Å². The van der Waals surface area contributed by atoms with Crippen LogP contribution in [0.25, 0.3) is 54.8 Å². The van der Waals surface area contributed by atoms with E-state index in [4.69, 9.17) is 13.5 Å². The van der Waals surface area contributed by atoms with Crippen molar-refractivity contribution in [3.8, 4) is 22.5 Å². The summed E-state index contributed by atoms with van der Waals surface area (Å²) in [6.07, 6.45) is 1.92. The predicted octanol–water partition coefficient (Wildman–Crippen LogP) is 8.84. The summed E-state index contributed by atoms with van der Waals surface area (Å²) in [5, 5.41) is 4.75. The molecule has 7 rings (SSSR count). The molecule has 0 saturated heterocycles. The summed E-state index contributed by atoms with van der Waals surface area (Å²) in [6.45, 7) is 3.97. The van der Waals surface area contributed by atoms with Crippen molar-refractivity contribution in [2.75, 3.05) is 0 Å². The van der Waals surface area contributed by atoms with E-state index in [1.54, 1.807) is 17.4 Å². The fourth-order valence-electron chi connectivity index (χ4n) is 4.23. The van der Waals surface area contributed by atoms with Crippen LogP contribution in [0.5, 0.6) is 0 Å². The van der Waals surface area contributed by atoms with Crippen LogP contribution in [0, 0.1) is 39.8 Å². The van der Waals surface area contributed by atoms with Crippen molar-refractivity contribution in [2.45, 2.75) is 27.6 Å². The van der Waals surface area contributed by atoms with Crippen LogP contribution >= 0.6 is 11.3 Å². The number of pyridine rings is 3. The largest absolute Gasteiger partial charge is 0.486 e. The van der Waals surface area contributed by atoms with Gasteiger partial charge in [-0.05, 0) is 61.2 Å². The number of hydrogen-bond acceptors (Lipinski definition) is 5. The van der Waals surface area contributed by atoms with Crippen LogP contribution < -0.4 is 0 Å². The summed E-state index contributed by atoms with van der Waals surface area (Å²) in [5.74, 6) is 0. The van der Waals surface area contributed by atoms with Gasteiger partial charge in [0.2, 0.25) is 5.71 Å². The number of benzene rings is 2. The molecular weight excluding hydrogens is 679 g/mol. The summed E-state index contributed by atoms with van der Waals surface area (Å²) < 4.78 is 28.5. The molecule has 0 aliphatic carbocycles. The molecule has 0 bridgehead atoms. The van der Waals surface area contributed by atoms with Gasteiger partial charge in [0.15, 0.2) is 0 Å². The molecule has 0 N–H and O–H groups in total. The van der Waals surface area contributed by atoms with Gasteiger partial charge in [0.25, 0.3) is 0 Å². The van der Waals surface area contributed by atoms with Crippen molar-refractivity contribution in [3.63, 3.8) is 0 Å². The van der Waals surface area contributed by atoms with Crippen molar-refractivity contribution in [2.24, 2.45) is 0 Å². The smallest absolute Gasteiger partial charge is 0.216 e. The van der Waals surface area contributed by atoms with Gasteiger partial charge in [-0.15, -0.1) is 64.9 Å². The van der Waals surface area contributed by atoms with Crippen molar-refractivity contribution in [1.29, 1.82) is 0 Å². The zero-order valence-electron chi connectivity index (χ0n) is 24.5. The summed E-state index contributed by atoms with van der Waals surface area (Å²) in [7, 11) is 0. The van der Waals surface area contributed by atoms with Gasteiger partial charge in [0.05, 0.1) is 5.58 Å². The quantitative estimate of drug-likeness (QED) is 0.169. The topological polar surface area (TPSA) is 51.8 Å². The van der Waals surface area contributed by atoms with Crippen molar-refractivity contribution < 1.29 is 28.6 Å². The average molecular weight is 707 g/mol. The summed E-state index contributed by atoms with van der Waals surface area (Å²) in [6, 6.07) is 27.7. The zero-order chi connectivity index (χ0) is 28.7. The van der Waals surface area contributed by atoms with E-state index in [2.05, 4.69) is 61.1 Å². The van der Waals surface area contributed by atoms with Crippen LogP contribution in [0.4, 0.5) is 0 Å². The maximum absolute atomic E-state index is 7.54. The fourth-order valence-corrected chi connectivity index (χ4v) is 5.00. The number of aryl methyl sites for hydroxylation is 4. The first-order valence-electron chi connectivity index (χ1n) is 13.7. The van der Waals surface area contributed by atoms with E-state index in [9.17, 15) is 0 Å². The molecule has 0 aliphatic rings. The van der Waals surface area contributed by atoms with Crippen LogP contribution in [0.2, 0.25) is 0 Å². The van der Waals surface area contributed by atoms with E-state index >= 15 is 0 Å². The molecule has 7 aromatic rings. The number of furan rings is 1. The monoisotopic (exact) mass is 707 g/mol. The molecule has 195 valence electrons. The Morgan fingerprint density at radius 3 is 2.56 bits per heavy atom. The van der Waals surface area contributed by atoms with E-state index in [1.807, 2.05) is 48.0 Å². The molecule has 2 aromatic carbocycles. The van der Waals surface area contributed by atoms with Crippen molar-refractivity contribution in [1.82, 2.24) is 15.0 Å². The minimum absolute atomic E-state index is 0. The summed E-state index contributed by atoms with van der Waals surface area (Å²) in [4.78, 5) is 14.3. The van der Waals surface area contributed by atoms with E-state index in [-0.39, 0.29) is 25.8 Å². The second-order valence-corrected chi connectivity index (χ2v) is 10.1. The minimum Gasteiger partial charge on any atom is -0.486 e. The van der Waals surface area contributed by atoms with Crippen LogP contribution in [0.1, 0.15) is 26.5 Å². The molecule has 0 unspecified atom stereocenters. The van der Waals surface area contributed by atoms with Crippen LogP contribution in [0.15, 0.2) is 82.7 Å². The summed E-state index contributed by atoms with van der Waals surface area (Å²) in [5.41, 5.74) is 8.23. The van der Waals surface area contributed by atoms with E-state index in [0.717, 1.165) is 43.5 Å².